The van der Waals surface area contributed by atoms with E-state index in [1.165, 1.54) is 0 Å². The second kappa shape index (κ2) is 6.02. The lowest BCUT2D eigenvalue weighted by molar-refractivity contribution is -0.140. The van der Waals surface area contributed by atoms with Gasteiger partial charge >= 0.3 is 0 Å². The molecule has 126 valence electrons. The summed E-state index contributed by atoms with van der Waals surface area (Å²) in [6.07, 6.45) is 1.86. The van der Waals surface area contributed by atoms with E-state index in [4.69, 9.17) is 5.73 Å². The molecule has 1 unspecified atom stereocenters. The average Bonchev–Trinajstić information content (AvgIpc) is 2.95. The van der Waals surface area contributed by atoms with Crippen molar-refractivity contribution < 1.29 is 13.6 Å². The lowest BCUT2D eigenvalue weighted by Gasteiger charge is -2.32. The summed E-state index contributed by atoms with van der Waals surface area (Å²) in [6.45, 7) is 2.42. The van der Waals surface area contributed by atoms with Crippen LogP contribution in [0.25, 0.3) is 0 Å². The number of hydrogen-bond acceptors (Lipinski definition) is 4. The summed E-state index contributed by atoms with van der Waals surface area (Å²) in [5.74, 6) is -1.95. The van der Waals surface area contributed by atoms with Crippen molar-refractivity contribution in [3.8, 4) is 0 Å². The van der Waals surface area contributed by atoms with Crippen molar-refractivity contribution in [2.45, 2.75) is 57.4 Å². The molecule has 1 aromatic rings. The minimum atomic E-state index is -2.61. The SMILES string of the molecule is Cc1nc(N)cc(C2CCCN2C(=O)C2CCC(F)(F)CC2)n1. The number of aromatic nitrogens is 2. The Labute approximate surface area is 134 Å². The van der Waals surface area contributed by atoms with E-state index in [1.807, 2.05) is 0 Å². The van der Waals surface area contributed by atoms with Crippen LogP contribution in [-0.2, 0) is 4.79 Å². The molecule has 3 rings (SSSR count). The van der Waals surface area contributed by atoms with Crippen LogP contribution in [0.4, 0.5) is 14.6 Å². The molecular weight excluding hydrogens is 302 g/mol. The van der Waals surface area contributed by atoms with Crippen LogP contribution in [0, 0.1) is 12.8 Å². The summed E-state index contributed by atoms with van der Waals surface area (Å²) in [6, 6.07) is 1.59. The lowest BCUT2D eigenvalue weighted by atomic mass is 9.85. The molecule has 5 nitrogen and oxygen atoms in total. The maximum Gasteiger partial charge on any atom is 0.248 e. The number of hydrogen-bond donors (Lipinski definition) is 1. The summed E-state index contributed by atoms with van der Waals surface area (Å²) >= 11 is 0. The molecule has 2 heterocycles. The fourth-order valence-corrected chi connectivity index (χ4v) is 3.65. The zero-order valence-electron chi connectivity index (χ0n) is 13.3. The summed E-state index contributed by atoms with van der Waals surface area (Å²) < 4.78 is 26.6. The molecule has 0 spiro atoms. The zero-order chi connectivity index (χ0) is 16.6. The van der Waals surface area contributed by atoms with Gasteiger partial charge in [0.1, 0.15) is 11.6 Å². The highest BCUT2D eigenvalue weighted by molar-refractivity contribution is 5.79. The van der Waals surface area contributed by atoms with Crippen LogP contribution in [-0.4, -0.2) is 33.2 Å². The quantitative estimate of drug-likeness (QED) is 0.908. The molecule has 2 fully saturated rings. The number of anilines is 1. The van der Waals surface area contributed by atoms with Crippen molar-refractivity contribution >= 4 is 11.7 Å². The number of carbonyl (C=O) groups is 1. The van der Waals surface area contributed by atoms with Crippen molar-refractivity contribution in [2.75, 3.05) is 12.3 Å². The maximum atomic E-state index is 13.3. The molecule has 0 bridgehead atoms. The number of nitrogens with zero attached hydrogens (tertiary/aromatic N) is 3. The van der Waals surface area contributed by atoms with Crippen LogP contribution in [0.2, 0.25) is 0 Å². The topological polar surface area (TPSA) is 72.1 Å². The Morgan fingerprint density at radius 3 is 2.65 bits per heavy atom. The molecule has 1 atom stereocenters. The summed E-state index contributed by atoms with van der Waals surface area (Å²) in [5, 5.41) is 0. The molecule has 2 aliphatic rings. The molecule has 1 amide bonds. The van der Waals surface area contributed by atoms with Crippen molar-refractivity contribution in [1.82, 2.24) is 14.9 Å². The molecule has 1 aliphatic carbocycles. The Balaban J connectivity index is 1.75. The Hall–Kier alpha value is -1.79. The number of nitrogens with two attached hydrogens (primary N) is 1. The van der Waals surface area contributed by atoms with Gasteiger partial charge in [-0.3, -0.25) is 4.79 Å². The predicted molar refractivity (Wildman–Crippen MR) is 81.8 cm³/mol. The number of alkyl halides is 2. The van der Waals surface area contributed by atoms with E-state index in [9.17, 15) is 13.6 Å². The Bertz CT molecular complexity index is 577. The van der Waals surface area contributed by atoms with E-state index >= 15 is 0 Å². The summed E-state index contributed by atoms with van der Waals surface area (Å²) in [4.78, 5) is 23.0. The monoisotopic (exact) mass is 324 g/mol. The molecule has 1 saturated heterocycles. The number of aryl methyl sites for hydroxylation is 1. The third-order valence-corrected chi connectivity index (χ3v) is 4.82. The smallest absolute Gasteiger partial charge is 0.248 e. The first-order valence-electron chi connectivity index (χ1n) is 8.15. The molecule has 1 saturated carbocycles. The van der Waals surface area contributed by atoms with Crippen LogP contribution in [0.3, 0.4) is 0 Å². The highest BCUT2D eigenvalue weighted by Crippen LogP contribution is 2.39. The van der Waals surface area contributed by atoms with Gasteiger partial charge in [0.15, 0.2) is 0 Å². The van der Waals surface area contributed by atoms with Gasteiger partial charge in [0, 0.05) is 31.4 Å². The van der Waals surface area contributed by atoms with E-state index in [0.717, 1.165) is 18.5 Å². The van der Waals surface area contributed by atoms with E-state index in [1.54, 1.807) is 17.9 Å². The molecular formula is C16H22F2N4O. The fraction of sp³-hybridized carbons (Fsp3) is 0.688. The van der Waals surface area contributed by atoms with Gasteiger partial charge in [0.2, 0.25) is 11.8 Å². The highest BCUT2D eigenvalue weighted by atomic mass is 19.3. The average molecular weight is 324 g/mol. The van der Waals surface area contributed by atoms with Crippen LogP contribution < -0.4 is 5.73 Å². The minimum absolute atomic E-state index is 0.0159. The first-order chi connectivity index (χ1) is 10.9. The third-order valence-electron chi connectivity index (χ3n) is 4.82. The van der Waals surface area contributed by atoms with Crippen molar-refractivity contribution in [2.24, 2.45) is 5.92 Å². The van der Waals surface area contributed by atoms with Gasteiger partial charge in [-0.15, -0.1) is 0 Å². The number of rotatable bonds is 2. The van der Waals surface area contributed by atoms with Crippen molar-refractivity contribution in [1.29, 1.82) is 0 Å². The van der Waals surface area contributed by atoms with Gasteiger partial charge in [0.25, 0.3) is 0 Å². The molecule has 0 aromatic carbocycles. The van der Waals surface area contributed by atoms with Crippen LogP contribution in [0.1, 0.15) is 56.1 Å². The standard InChI is InChI=1S/C16H22F2N4O/c1-10-20-12(9-14(19)21-10)13-3-2-8-22(13)15(23)11-4-6-16(17,18)7-5-11/h9,11,13H,2-8H2,1H3,(H2,19,20,21). The fourth-order valence-electron chi connectivity index (χ4n) is 3.65. The second-order valence-electron chi connectivity index (χ2n) is 6.58. The van der Waals surface area contributed by atoms with E-state index in [-0.39, 0.29) is 43.6 Å². The van der Waals surface area contributed by atoms with E-state index < -0.39 is 5.92 Å². The third kappa shape index (κ3) is 3.43. The van der Waals surface area contributed by atoms with Crippen LogP contribution in [0.5, 0.6) is 0 Å². The predicted octanol–water partition coefficient (Wildman–Crippen LogP) is 2.86. The second-order valence-corrected chi connectivity index (χ2v) is 6.58. The zero-order valence-corrected chi connectivity index (χ0v) is 13.3. The molecule has 1 aromatic heterocycles. The first kappa shape index (κ1) is 16.1. The molecule has 2 N–H and O–H groups in total. The van der Waals surface area contributed by atoms with Gasteiger partial charge < -0.3 is 10.6 Å². The Kier molecular flexibility index (Phi) is 4.21. The highest BCUT2D eigenvalue weighted by Gasteiger charge is 2.41. The van der Waals surface area contributed by atoms with Gasteiger partial charge in [-0.25, -0.2) is 18.7 Å². The number of likely N-dealkylation sites (tertiary alicyclic amines) is 1. The van der Waals surface area contributed by atoms with Gasteiger partial charge in [0.05, 0.1) is 11.7 Å². The molecule has 0 radical (unpaired) electrons. The minimum Gasteiger partial charge on any atom is -0.384 e. The van der Waals surface area contributed by atoms with Crippen molar-refractivity contribution in [3.05, 3.63) is 17.6 Å². The van der Waals surface area contributed by atoms with E-state index in [2.05, 4.69) is 9.97 Å². The normalized spacial score (nSPS) is 24.8. The lowest BCUT2D eigenvalue weighted by Crippen LogP contribution is -2.39. The number of carbonyl (C=O) groups excluding carboxylic acids is 1. The summed E-state index contributed by atoms with van der Waals surface area (Å²) in [5.41, 5.74) is 6.54. The van der Waals surface area contributed by atoms with Crippen LogP contribution in [0.15, 0.2) is 6.07 Å². The Morgan fingerprint density at radius 2 is 2.00 bits per heavy atom. The molecule has 23 heavy (non-hydrogen) atoms. The van der Waals surface area contributed by atoms with Gasteiger partial charge in [-0.1, -0.05) is 0 Å². The number of nitrogen functional groups attached to an aromatic ring is 1. The molecule has 1 aliphatic heterocycles. The number of halogens is 2. The van der Waals surface area contributed by atoms with E-state index in [0.29, 0.717) is 18.2 Å². The summed E-state index contributed by atoms with van der Waals surface area (Å²) in [7, 11) is 0. The van der Waals surface area contributed by atoms with Crippen molar-refractivity contribution in [3.63, 3.8) is 0 Å². The van der Waals surface area contributed by atoms with Gasteiger partial charge in [-0.05, 0) is 32.6 Å². The first-order valence-corrected chi connectivity index (χ1v) is 8.15. The number of amides is 1. The van der Waals surface area contributed by atoms with Crippen LogP contribution >= 0.6 is 0 Å². The maximum absolute atomic E-state index is 13.3. The largest absolute Gasteiger partial charge is 0.384 e. The molecule has 7 heteroatoms. The Morgan fingerprint density at radius 1 is 1.30 bits per heavy atom. The van der Waals surface area contributed by atoms with Gasteiger partial charge in [-0.2, -0.15) is 0 Å².